The normalized spacial score (nSPS) is 11.9. The number of primary amides is 1. The van der Waals surface area contributed by atoms with Gasteiger partial charge in [0.05, 0.1) is 12.7 Å². The molecule has 7 N–H and O–H groups in total. The summed E-state index contributed by atoms with van der Waals surface area (Å²) in [6.45, 7) is 2.53. The van der Waals surface area contributed by atoms with Crippen LogP contribution in [-0.4, -0.2) is 47.7 Å². The van der Waals surface area contributed by atoms with Gasteiger partial charge < -0.3 is 36.4 Å². The van der Waals surface area contributed by atoms with Gasteiger partial charge in [0.25, 0.3) is 0 Å². The zero-order valence-electron chi connectivity index (χ0n) is 19.8. The van der Waals surface area contributed by atoms with Crippen LogP contribution in [0.25, 0.3) is 0 Å². The van der Waals surface area contributed by atoms with E-state index in [1.54, 1.807) is 12.1 Å². The first-order valence-corrected chi connectivity index (χ1v) is 12.0. The lowest BCUT2D eigenvalue weighted by molar-refractivity contribution is 0.125. The maximum Gasteiger partial charge on any atom is 0.316 e. The molecule has 8 nitrogen and oxygen atoms in total. The van der Waals surface area contributed by atoms with Crippen LogP contribution < -0.4 is 16.4 Å². The predicted molar refractivity (Wildman–Crippen MR) is 134 cm³/mol. The molecular weight excluding hydrogens is 434 g/mol. The molecule has 2 rings (SSSR count). The number of anilines is 1. The fourth-order valence-electron chi connectivity index (χ4n) is 3.69. The van der Waals surface area contributed by atoms with Crippen molar-refractivity contribution in [2.45, 2.75) is 57.7 Å². The molecule has 0 fully saturated rings. The minimum Gasteiger partial charge on any atom is -0.508 e. The number of benzene rings is 2. The largest absolute Gasteiger partial charge is 0.508 e. The number of nitrogens with one attached hydrogen (secondary N) is 2. The molecule has 0 heterocycles. The van der Waals surface area contributed by atoms with Crippen molar-refractivity contribution in [3.05, 3.63) is 59.2 Å². The fraction of sp³-hybridized carbons (Fsp3) is 0.500. The number of ether oxygens (including phenoxy) is 1. The molecule has 0 saturated carbocycles. The summed E-state index contributed by atoms with van der Waals surface area (Å²) < 4.78 is 5.72. The van der Waals surface area contributed by atoms with Crippen LogP contribution in [0.15, 0.2) is 42.5 Å². The van der Waals surface area contributed by atoms with E-state index in [0.29, 0.717) is 17.7 Å². The Bertz CT molecular complexity index is 862. The summed E-state index contributed by atoms with van der Waals surface area (Å²) in [6, 6.07) is 12.0. The summed E-state index contributed by atoms with van der Waals surface area (Å²) in [6.07, 6.45) is 6.59. The number of urea groups is 1. The molecule has 8 heteroatoms. The third-order valence-electron chi connectivity index (χ3n) is 5.59. The summed E-state index contributed by atoms with van der Waals surface area (Å²) in [5, 5.41) is 34.9. The molecule has 0 spiro atoms. The average molecular weight is 474 g/mol. The van der Waals surface area contributed by atoms with Crippen molar-refractivity contribution in [2.75, 3.05) is 31.6 Å². The Hall–Kier alpha value is -2.65. The smallest absolute Gasteiger partial charge is 0.316 e. The Morgan fingerprint density at radius 1 is 1.00 bits per heavy atom. The van der Waals surface area contributed by atoms with Crippen molar-refractivity contribution in [3.63, 3.8) is 0 Å². The number of unbranched alkanes of at least 4 members (excludes halogenated alkanes) is 4. The number of carbonyl (C=O) groups is 1. The number of aliphatic hydroxyl groups excluding tert-OH is 2. The second kappa shape index (κ2) is 16.1. The highest BCUT2D eigenvalue weighted by molar-refractivity contribution is 5.87. The maximum atomic E-state index is 10.9. The van der Waals surface area contributed by atoms with Gasteiger partial charge in [0, 0.05) is 31.0 Å². The van der Waals surface area contributed by atoms with Crippen LogP contribution in [0.1, 0.15) is 61.3 Å². The predicted octanol–water partition coefficient (Wildman–Crippen LogP) is 3.60. The lowest BCUT2D eigenvalue weighted by Gasteiger charge is -2.14. The van der Waals surface area contributed by atoms with Crippen LogP contribution in [-0.2, 0) is 17.8 Å². The number of hydrogen-bond acceptors (Lipinski definition) is 6. The van der Waals surface area contributed by atoms with E-state index >= 15 is 0 Å². The average Bonchev–Trinajstić information content (AvgIpc) is 2.82. The summed E-state index contributed by atoms with van der Waals surface area (Å²) >= 11 is 0. The zero-order valence-corrected chi connectivity index (χ0v) is 19.8. The van der Waals surface area contributed by atoms with Crippen molar-refractivity contribution >= 4 is 11.7 Å². The van der Waals surface area contributed by atoms with Crippen molar-refractivity contribution < 1.29 is 24.9 Å². The minimum absolute atomic E-state index is 0.0374. The highest BCUT2D eigenvalue weighted by atomic mass is 16.5. The third-order valence-corrected chi connectivity index (χ3v) is 5.59. The zero-order chi connectivity index (χ0) is 24.6. The van der Waals surface area contributed by atoms with Gasteiger partial charge in [-0.2, -0.15) is 0 Å². The molecular formula is C26H39N3O5. The number of rotatable bonds is 17. The number of amides is 2. The van der Waals surface area contributed by atoms with Gasteiger partial charge in [-0.25, -0.2) is 4.79 Å². The Labute approximate surface area is 202 Å². The molecule has 0 aliphatic carbocycles. The van der Waals surface area contributed by atoms with E-state index < -0.39 is 12.1 Å². The van der Waals surface area contributed by atoms with Crippen molar-refractivity contribution in [1.82, 2.24) is 5.32 Å². The number of aliphatic hydroxyl groups is 2. The molecule has 0 radical (unpaired) electrons. The topological polar surface area (TPSA) is 137 Å². The van der Waals surface area contributed by atoms with Crippen molar-refractivity contribution in [1.29, 1.82) is 0 Å². The third kappa shape index (κ3) is 11.0. The van der Waals surface area contributed by atoms with Crippen molar-refractivity contribution in [3.8, 4) is 5.75 Å². The van der Waals surface area contributed by atoms with E-state index in [0.717, 1.165) is 70.4 Å². The number of aromatic hydroxyl groups is 1. The van der Waals surface area contributed by atoms with E-state index in [9.17, 15) is 20.1 Å². The SMILES string of the molecule is NC(=O)Nc1cccc(CCCCCOCCCCCNC[C@H](O)c2ccc(O)c(CO)c2)c1. The van der Waals surface area contributed by atoms with Gasteiger partial charge in [0.1, 0.15) is 5.75 Å². The number of aryl methyl sites for hydroxylation is 1. The number of phenols is 1. The van der Waals surface area contributed by atoms with Gasteiger partial charge in [0.15, 0.2) is 0 Å². The molecule has 0 unspecified atom stereocenters. The Balaban J connectivity index is 1.41. The first-order valence-electron chi connectivity index (χ1n) is 12.0. The number of carbonyl (C=O) groups excluding carboxylic acids is 1. The van der Waals surface area contributed by atoms with Crippen LogP contribution in [0.3, 0.4) is 0 Å². The molecule has 188 valence electrons. The summed E-state index contributed by atoms with van der Waals surface area (Å²) in [5.41, 5.74) is 8.16. The molecule has 0 aliphatic heterocycles. The monoisotopic (exact) mass is 473 g/mol. The van der Waals surface area contributed by atoms with E-state index in [2.05, 4.69) is 16.7 Å². The first kappa shape index (κ1) is 27.6. The fourth-order valence-corrected chi connectivity index (χ4v) is 3.69. The second-order valence-electron chi connectivity index (χ2n) is 8.44. The molecule has 2 aromatic carbocycles. The first-order chi connectivity index (χ1) is 16.5. The molecule has 2 aromatic rings. The van der Waals surface area contributed by atoms with Crippen LogP contribution in [0.5, 0.6) is 5.75 Å². The highest BCUT2D eigenvalue weighted by Gasteiger charge is 2.09. The van der Waals surface area contributed by atoms with Gasteiger partial charge in [0.2, 0.25) is 0 Å². The van der Waals surface area contributed by atoms with Crippen LogP contribution >= 0.6 is 0 Å². The van der Waals surface area contributed by atoms with Gasteiger partial charge in [-0.3, -0.25) is 0 Å². The van der Waals surface area contributed by atoms with Gasteiger partial charge in [-0.15, -0.1) is 0 Å². The maximum absolute atomic E-state index is 10.9. The molecule has 0 aromatic heterocycles. The van der Waals surface area contributed by atoms with Gasteiger partial charge in [-0.05, 0) is 80.5 Å². The standard InChI is InChI=1S/C26H39N3O5/c27-26(33)29-23-10-7-9-20(16-23)8-3-1-5-14-34-15-6-2-4-13-28-18-25(32)21-11-12-24(31)22(17-21)19-30/h7,9-12,16-17,25,28,30-32H,1-6,8,13-15,18-19H2,(H3,27,29,33)/t25-/m0/s1. The molecule has 0 bridgehead atoms. The number of nitrogens with two attached hydrogens (primary N) is 1. The molecule has 34 heavy (non-hydrogen) atoms. The van der Waals surface area contributed by atoms with Crippen LogP contribution in [0.2, 0.25) is 0 Å². The summed E-state index contributed by atoms with van der Waals surface area (Å²) in [5.74, 6) is 0.0374. The lowest BCUT2D eigenvalue weighted by atomic mass is 10.1. The van der Waals surface area contributed by atoms with E-state index in [-0.39, 0.29) is 12.4 Å². The molecule has 0 saturated heterocycles. The van der Waals surface area contributed by atoms with Crippen molar-refractivity contribution in [2.24, 2.45) is 5.73 Å². The van der Waals surface area contributed by atoms with E-state index in [4.69, 9.17) is 10.5 Å². The van der Waals surface area contributed by atoms with E-state index in [1.807, 2.05) is 18.2 Å². The molecule has 0 aliphatic rings. The van der Waals surface area contributed by atoms with Gasteiger partial charge in [-0.1, -0.05) is 24.6 Å². The Morgan fingerprint density at radius 3 is 2.50 bits per heavy atom. The molecule has 1 atom stereocenters. The highest BCUT2D eigenvalue weighted by Crippen LogP contribution is 2.22. The summed E-state index contributed by atoms with van der Waals surface area (Å²) in [7, 11) is 0. The van der Waals surface area contributed by atoms with E-state index in [1.165, 1.54) is 11.6 Å². The minimum atomic E-state index is -0.676. The Kier molecular flexibility index (Phi) is 13.0. The second-order valence-corrected chi connectivity index (χ2v) is 8.44. The van der Waals surface area contributed by atoms with Crippen LogP contribution in [0.4, 0.5) is 10.5 Å². The van der Waals surface area contributed by atoms with Gasteiger partial charge >= 0.3 is 6.03 Å². The molecule has 2 amide bonds. The lowest BCUT2D eigenvalue weighted by Crippen LogP contribution is -2.22. The quantitative estimate of drug-likeness (QED) is 0.194. The Morgan fingerprint density at radius 2 is 1.76 bits per heavy atom. The number of hydrogen-bond donors (Lipinski definition) is 6. The summed E-state index contributed by atoms with van der Waals surface area (Å²) in [4.78, 5) is 10.9. The van der Waals surface area contributed by atoms with Crippen LogP contribution in [0, 0.1) is 0 Å².